The molecule has 4 nitrogen and oxygen atoms in total. The molecule has 1 N–H and O–H groups in total. The first-order valence-corrected chi connectivity index (χ1v) is 7.78. The number of para-hydroxylation sites is 1. The zero-order valence-electron chi connectivity index (χ0n) is 13.6. The zero-order chi connectivity index (χ0) is 16.5. The van der Waals surface area contributed by atoms with Crippen molar-refractivity contribution < 1.29 is 14.3 Å². The lowest BCUT2D eigenvalue weighted by atomic mass is 10.2. The Morgan fingerprint density at radius 1 is 1.09 bits per heavy atom. The van der Waals surface area contributed by atoms with Crippen molar-refractivity contribution in [3.63, 3.8) is 0 Å². The van der Waals surface area contributed by atoms with Gasteiger partial charge in [0.2, 0.25) is 0 Å². The fourth-order valence-electron chi connectivity index (χ4n) is 2.09. The number of benzene rings is 2. The summed E-state index contributed by atoms with van der Waals surface area (Å²) in [5.74, 6) is 0.590. The Kier molecular flexibility index (Phi) is 6.63. The maximum atomic E-state index is 12.0. The Morgan fingerprint density at radius 2 is 1.78 bits per heavy atom. The first kappa shape index (κ1) is 17.0. The molecule has 0 aliphatic rings. The highest BCUT2D eigenvalue weighted by Crippen LogP contribution is 2.17. The van der Waals surface area contributed by atoms with E-state index in [9.17, 15) is 4.79 Å². The lowest BCUT2D eigenvalue weighted by Gasteiger charge is -2.16. The van der Waals surface area contributed by atoms with Crippen LogP contribution in [-0.2, 0) is 16.1 Å². The Labute approximate surface area is 137 Å². The van der Waals surface area contributed by atoms with Crippen molar-refractivity contribution >= 4 is 5.91 Å². The highest BCUT2D eigenvalue weighted by molar-refractivity contribution is 5.80. The summed E-state index contributed by atoms with van der Waals surface area (Å²) in [4.78, 5) is 12.0. The molecule has 4 heteroatoms. The van der Waals surface area contributed by atoms with E-state index in [-0.39, 0.29) is 5.91 Å². The van der Waals surface area contributed by atoms with Gasteiger partial charge in [-0.3, -0.25) is 4.79 Å². The molecule has 2 aromatic carbocycles. The van der Waals surface area contributed by atoms with Crippen LogP contribution in [0.5, 0.6) is 5.75 Å². The molecule has 0 aliphatic carbocycles. The van der Waals surface area contributed by atoms with Gasteiger partial charge in [-0.1, -0.05) is 48.5 Å². The maximum Gasteiger partial charge on any atom is 0.260 e. The Morgan fingerprint density at radius 3 is 2.52 bits per heavy atom. The molecule has 0 bridgehead atoms. The third-order valence-electron chi connectivity index (χ3n) is 3.42. The molecule has 1 atom stereocenters. The van der Waals surface area contributed by atoms with Crippen LogP contribution in [0.3, 0.4) is 0 Å². The van der Waals surface area contributed by atoms with E-state index in [1.165, 1.54) is 0 Å². The molecule has 0 aliphatic heterocycles. The van der Waals surface area contributed by atoms with Crippen molar-refractivity contribution in [1.82, 2.24) is 5.32 Å². The molecule has 0 radical (unpaired) electrons. The zero-order valence-corrected chi connectivity index (χ0v) is 13.6. The van der Waals surface area contributed by atoms with Crippen molar-refractivity contribution in [3.05, 3.63) is 65.7 Å². The number of ether oxygens (including phenoxy) is 2. The van der Waals surface area contributed by atoms with Crippen molar-refractivity contribution in [3.8, 4) is 5.75 Å². The highest BCUT2D eigenvalue weighted by atomic mass is 16.5. The minimum Gasteiger partial charge on any atom is -0.481 e. The van der Waals surface area contributed by atoms with Crippen LogP contribution in [0.2, 0.25) is 0 Å². The average Bonchev–Trinajstić information content (AvgIpc) is 2.57. The Hall–Kier alpha value is -2.33. The van der Waals surface area contributed by atoms with E-state index >= 15 is 0 Å². The number of hydrogen-bond donors (Lipinski definition) is 1. The van der Waals surface area contributed by atoms with Crippen LogP contribution in [0.4, 0.5) is 0 Å². The smallest absolute Gasteiger partial charge is 0.260 e. The fraction of sp³-hybridized carbons (Fsp3) is 0.316. The first-order chi connectivity index (χ1) is 11.2. The van der Waals surface area contributed by atoms with Crippen LogP contribution < -0.4 is 10.1 Å². The van der Waals surface area contributed by atoms with Crippen LogP contribution in [0.15, 0.2) is 54.6 Å². The molecule has 0 saturated heterocycles. The molecule has 0 aromatic heterocycles. The van der Waals surface area contributed by atoms with E-state index in [1.807, 2.05) is 61.5 Å². The summed E-state index contributed by atoms with van der Waals surface area (Å²) in [5.41, 5.74) is 2.13. The van der Waals surface area contributed by atoms with Gasteiger partial charge in [-0.25, -0.2) is 0 Å². The minimum absolute atomic E-state index is 0.142. The van der Waals surface area contributed by atoms with Gasteiger partial charge in [-0.2, -0.15) is 0 Å². The molecule has 0 saturated carbocycles. The van der Waals surface area contributed by atoms with E-state index in [0.717, 1.165) is 16.9 Å². The van der Waals surface area contributed by atoms with Gasteiger partial charge in [0.15, 0.2) is 6.10 Å². The molecular formula is C19H23NO3. The van der Waals surface area contributed by atoms with Crippen molar-refractivity contribution in [2.45, 2.75) is 26.6 Å². The number of aryl methyl sites for hydroxylation is 1. The van der Waals surface area contributed by atoms with Crippen molar-refractivity contribution in [2.24, 2.45) is 0 Å². The molecule has 0 spiro atoms. The SMILES string of the molecule is Cc1ccccc1O[C@H](C)C(=O)NCCOCc1ccccc1. The Bertz CT molecular complexity index is 613. The molecule has 0 heterocycles. The summed E-state index contributed by atoms with van der Waals surface area (Å²) < 4.78 is 11.2. The van der Waals surface area contributed by atoms with Crippen molar-refractivity contribution in [2.75, 3.05) is 13.2 Å². The summed E-state index contributed by atoms with van der Waals surface area (Å²) in [6.45, 7) is 5.18. The number of hydrogen-bond acceptors (Lipinski definition) is 3. The average molecular weight is 313 g/mol. The van der Waals surface area contributed by atoms with E-state index in [0.29, 0.717) is 19.8 Å². The molecule has 2 aromatic rings. The molecule has 1 amide bonds. The lowest BCUT2D eigenvalue weighted by molar-refractivity contribution is -0.127. The number of carbonyl (C=O) groups is 1. The third-order valence-corrected chi connectivity index (χ3v) is 3.42. The predicted octanol–water partition coefficient (Wildman–Crippen LogP) is 3.10. The van der Waals surface area contributed by atoms with Crippen LogP contribution in [0.1, 0.15) is 18.1 Å². The van der Waals surface area contributed by atoms with Crippen LogP contribution in [0, 0.1) is 6.92 Å². The van der Waals surface area contributed by atoms with Gasteiger partial charge in [-0.15, -0.1) is 0 Å². The third kappa shape index (κ3) is 5.75. The van der Waals surface area contributed by atoms with Gasteiger partial charge in [0.25, 0.3) is 5.91 Å². The second-order valence-electron chi connectivity index (χ2n) is 5.35. The molecule has 122 valence electrons. The van der Waals surface area contributed by atoms with Gasteiger partial charge in [-0.05, 0) is 31.0 Å². The van der Waals surface area contributed by atoms with E-state index in [4.69, 9.17) is 9.47 Å². The summed E-state index contributed by atoms with van der Waals surface area (Å²) in [6, 6.07) is 17.6. The molecule has 0 unspecified atom stereocenters. The summed E-state index contributed by atoms with van der Waals surface area (Å²) in [5, 5.41) is 2.82. The molecule has 2 rings (SSSR count). The van der Waals surface area contributed by atoms with Gasteiger partial charge in [0.05, 0.1) is 13.2 Å². The largest absolute Gasteiger partial charge is 0.481 e. The van der Waals surface area contributed by atoms with Crippen LogP contribution in [0.25, 0.3) is 0 Å². The van der Waals surface area contributed by atoms with E-state index < -0.39 is 6.10 Å². The monoisotopic (exact) mass is 313 g/mol. The summed E-state index contributed by atoms with van der Waals surface area (Å²) >= 11 is 0. The molecular weight excluding hydrogens is 290 g/mol. The van der Waals surface area contributed by atoms with E-state index in [1.54, 1.807) is 6.92 Å². The van der Waals surface area contributed by atoms with Gasteiger partial charge >= 0.3 is 0 Å². The molecule has 0 fully saturated rings. The fourth-order valence-corrected chi connectivity index (χ4v) is 2.09. The number of nitrogens with one attached hydrogen (secondary N) is 1. The number of carbonyl (C=O) groups excluding carboxylic acids is 1. The topological polar surface area (TPSA) is 47.6 Å². The predicted molar refractivity (Wildman–Crippen MR) is 90.4 cm³/mol. The Balaban J connectivity index is 1.65. The molecule has 23 heavy (non-hydrogen) atoms. The van der Waals surface area contributed by atoms with Gasteiger partial charge in [0, 0.05) is 6.54 Å². The maximum absolute atomic E-state index is 12.0. The van der Waals surface area contributed by atoms with Crippen LogP contribution >= 0.6 is 0 Å². The summed E-state index contributed by atoms with van der Waals surface area (Å²) in [7, 11) is 0. The standard InChI is InChI=1S/C19H23NO3/c1-15-8-6-7-11-18(15)23-16(2)19(21)20-12-13-22-14-17-9-4-3-5-10-17/h3-11,16H,12-14H2,1-2H3,(H,20,21)/t16-/m1/s1. The van der Waals surface area contributed by atoms with Crippen molar-refractivity contribution in [1.29, 1.82) is 0 Å². The second kappa shape index (κ2) is 8.96. The lowest BCUT2D eigenvalue weighted by Crippen LogP contribution is -2.38. The minimum atomic E-state index is -0.537. The quantitative estimate of drug-likeness (QED) is 0.762. The first-order valence-electron chi connectivity index (χ1n) is 7.78. The second-order valence-corrected chi connectivity index (χ2v) is 5.35. The van der Waals surface area contributed by atoms with Gasteiger partial charge in [0.1, 0.15) is 5.75 Å². The number of amides is 1. The van der Waals surface area contributed by atoms with Gasteiger partial charge < -0.3 is 14.8 Å². The van der Waals surface area contributed by atoms with E-state index in [2.05, 4.69) is 5.32 Å². The normalized spacial score (nSPS) is 11.7. The van der Waals surface area contributed by atoms with Crippen LogP contribution in [-0.4, -0.2) is 25.2 Å². The highest BCUT2D eigenvalue weighted by Gasteiger charge is 2.14. The number of rotatable bonds is 8. The summed E-state index contributed by atoms with van der Waals surface area (Å²) in [6.07, 6.45) is -0.537.